The molecule has 1 aromatic carbocycles. The van der Waals surface area contributed by atoms with Crippen molar-refractivity contribution >= 4 is 0 Å². The molecule has 0 amide bonds. The molecule has 0 N–H and O–H groups in total. The molecule has 0 aliphatic heterocycles. The molecule has 116 valence electrons. The molecule has 1 saturated carbocycles. The standard InChI is InChI=1S/C19H21F2N/c20-18-12-10-17(11-13-18)9-8-16-6-4-15(5-7-16)2-1-3-19(21)14-22/h1-3,10-13,15-16H,4-9H2/b2-1+,19-3-. The fraction of sp³-hybridized carbons (Fsp3) is 0.421. The predicted octanol–water partition coefficient (Wildman–Crippen LogP) is 5.50. The summed E-state index contributed by atoms with van der Waals surface area (Å²) in [6, 6.07) is 8.22. The van der Waals surface area contributed by atoms with Crippen molar-refractivity contribution in [2.45, 2.75) is 38.5 Å². The Bertz CT molecular complexity index is 558. The zero-order valence-corrected chi connectivity index (χ0v) is 12.6. The maximum absolute atomic E-state index is 12.8. The molecule has 0 spiro atoms. The highest BCUT2D eigenvalue weighted by Crippen LogP contribution is 2.32. The van der Waals surface area contributed by atoms with Gasteiger partial charge in [-0.3, -0.25) is 0 Å². The van der Waals surface area contributed by atoms with E-state index >= 15 is 0 Å². The second kappa shape index (κ2) is 8.48. The van der Waals surface area contributed by atoms with Crippen molar-refractivity contribution in [3.8, 4) is 6.07 Å². The Balaban J connectivity index is 1.71. The predicted molar refractivity (Wildman–Crippen MR) is 84.1 cm³/mol. The van der Waals surface area contributed by atoms with Gasteiger partial charge in [0, 0.05) is 0 Å². The molecule has 0 aromatic heterocycles. The minimum Gasteiger partial charge on any atom is -0.207 e. The molecule has 1 fully saturated rings. The third-order valence-corrected chi connectivity index (χ3v) is 4.38. The van der Waals surface area contributed by atoms with Crippen molar-refractivity contribution in [1.29, 1.82) is 5.26 Å². The van der Waals surface area contributed by atoms with Crippen molar-refractivity contribution < 1.29 is 8.78 Å². The second-order valence-corrected chi connectivity index (χ2v) is 5.96. The average Bonchev–Trinajstić information content (AvgIpc) is 2.55. The lowest BCUT2D eigenvalue weighted by molar-refractivity contribution is 0.296. The molecule has 22 heavy (non-hydrogen) atoms. The van der Waals surface area contributed by atoms with E-state index in [-0.39, 0.29) is 5.82 Å². The quantitative estimate of drug-likeness (QED) is 0.520. The maximum Gasteiger partial charge on any atom is 0.199 e. The number of nitrogens with zero attached hydrogens (tertiary/aromatic N) is 1. The number of hydrogen-bond acceptors (Lipinski definition) is 1. The highest BCUT2D eigenvalue weighted by molar-refractivity contribution is 5.19. The van der Waals surface area contributed by atoms with Crippen molar-refractivity contribution in [2.24, 2.45) is 11.8 Å². The minimum absolute atomic E-state index is 0.182. The van der Waals surface area contributed by atoms with E-state index in [1.807, 2.05) is 18.2 Å². The Morgan fingerprint density at radius 1 is 1.18 bits per heavy atom. The Labute approximate surface area is 131 Å². The Morgan fingerprint density at radius 2 is 1.86 bits per heavy atom. The number of aryl methyl sites for hydroxylation is 1. The van der Waals surface area contributed by atoms with E-state index in [1.54, 1.807) is 6.08 Å². The Morgan fingerprint density at radius 3 is 2.50 bits per heavy atom. The van der Waals surface area contributed by atoms with Gasteiger partial charge in [0.1, 0.15) is 11.9 Å². The molecule has 1 aliphatic carbocycles. The first-order chi connectivity index (χ1) is 10.7. The lowest BCUT2D eigenvalue weighted by Gasteiger charge is -2.26. The van der Waals surface area contributed by atoms with Crippen molar-refractivity contribution in [3.63, 3.8) is 0 Å². The molecule has 0 saturated heterocycles. The largest absolute Gasteiger partial charge is 0.207 e. The van der Waals surface area contributed by atoms with Gasteiger partial charge in [-0.2, -0.15) is 9.65 Å². The summed E-state index contributed by atoms with van der Waals surface area (Å²) in [5.74, 6) is 0.285. The van der Waals surface area contributed by atoms with Gasteiger partial charge >= 0.3 is 0 Å². The SMILES string of the molecule is N#C/C(F)=C/C=C/C1CCC(CCc2ccc(F)cc2)CC1. The summed E-state index contributed by atoms with van der Waals surface area (Å²) in [5, 5.41) is 8.33. The topological polar surface area (TPSA) is 23.8 Å². The van der Waals surface area contributed by atoms with E-state index < -0.39 is 5.83 Å². The molecule has 2 rings (SSSR count). The first kappa shape index (κ1) is 16.4. The van der Waals surface area contributed by atoms with Gasteiger partial charge in [-0.1, -0.05) is 24.3 Å². The van der Waals surface area contributed by atoms with E-state index in [2.05, 4.69) is 0 Å². The van der Waals surface area contributed by atoms with Gasteiger partial charge < -0.3 is 0 Å². The Hall–Kier alpha value is -1.95. The van der Waals surface area contributed by atoms with Crippen LogP contribution in [-0.4, -0.2) is 0 Å². The summed E-state index contributed by atoms with van der Waals surface area (Å²) in [7, 11) is 0. The summed E-state index contributed by atoms with van der Waals surface area (Å²) >= 11 is 0. The molecule has 0 atom stereocenters. The zero-order valence-electron chi connectivity index (χ0n) is 12.6. The molecule has 1 nitrogen and oxygen atoms in total. The fourth-order valence-corrected chi connectivity index (χ4v) is 3.03. The van der Waals surface area contributed by atoms with Crippen LogP contribution in [0.5, 0.6) is 0 Å². The van der Waals surface area contributed by atoms with Gasteiger partial charge in [-0.15, -0.1) is 0 Å². The normalized spacial score (nSPS) is 22.7. The zero-order chi connectivity index (χ0) is 15.8. The molecule has 1 aliphatic rings. The summed E-state index contributed by atoms with van der Waals surface area (Å²) in [5.41, 5.74) is 1.19. The van der Waals surface area contributed by atoms with Crippen LogP contribution in [0.25, 0.3) is 0 Å². The summed E-state index contributed by atoms with van der Waals surface area (Å²) in [6.07, 6.45) is 11.6. The van der Waals surface area contributed by atoms with E-state index in [0.717, 1.165) is 31.6 Å². The second-order valence-electron chi connectivity index (χ2n) is 5.96. The third kappa shape index (κ3) is 5.44. The minimum atomic E-state index is -0.746. The molecule has 0 radical (unpaired) electrons. The Kier molecular flexibility index (Phi) is 6.33. The monoisotopic (exact) mass is 301 g/mol. The van der Waals surface area contributed by atoms with Gasteiger partial charge in [0.05, 0.1) is 0 Å². The van der Waals surface area contributed by atoms with E-state index in [9.17, 15) is 8.78 Å². The van der Waals surface area contributed by atoms with Gasteiger partial charge in [0.25, 0.3) is 0 Å². The van der Waals surface area contributed by atoms with E-state index in [4.69, 9.17) is 5.26 Å². The number of halogens is 2. The number of rotatable bonds is 5. The number of nitriles is 1. The molecular formula is C19H21F2N. The van der Waals surface area contributed by atoms with Crippen LogP contribution in [-0.2, 0) is 6.42 Å². The van der Waals surface area contributed by atoms with Crippen LogP contribution in [0, 0.1) is 29.0 Å². The average molecular weight is 301 g/mol. The van der Waals surface area contributed by atoms with E-state index in [0.29, 0.717) is 5.92 Å². The first-order valence-electron chi connectivity index (χ1n) is 7.86. The van der Waals surface area contributed by atoms with Gasteiger partial charge in [-0.05, 0) is 74.1 Å². The van der Waals surface area contributed by atoms with Crippen LogP contribution in [0.4, 0.5) is 8.78 Å². The van der Waals surface area contributed by atoms with Crippen LogP contribution in [0.15, 0.2) is 48.3 Å². The smallest absolute Gasteiger partial charge is 0.199 e. The first-order valence-corrected chi connectivity index (χ1v) is 7.86. The highest BCUT2D eigenvalue weighted by atomic mass is 19.1. The van der Waals surface area contributed by atoms with Crippen LogP contribution in [0.2, 0.25) is 0 Å². The number of benzene rings is 1. The van der Waals surface area contributed by atoms with Crippen molar-refractivity contribution in [2.75, 3.05) is 0 Å². The van der Waals surface area contributed by atoms with Gasteiger partial charge in [0.2, 0.25) is 0 Å². The molecule has 1 aromatic rings. The van der Waals surface area contributed by atoms with Crippen molar-refractivity contribution in [3.05, 3.63) is 59.7 Å². The van der Waals surface area contributed by atoms with Crippen LogP contribution in [0.1, 0.15) is 37.7 Å². The molecule has 3 heteroatoms. The lowest BCUT2D eigenvalue weighted by Crippen LogP contribution is -2.13. The molecule has 0 unspecified atom stereocenters. The van der Waals surface area contributed by atoms with Gasteiger partial charge in [0.15, 0.2) is 5.83 Å². The fourth-order valence-electron chi connectivity index (χ4n) is 3.03. The van der Waals surface area contributed by atoms with Crippen molar-refractivity contribution in [1.82, 2.24) is 0 Å². The summed E-state index contributed by atoms with van der Waals surface area (Å²) in [6.45, 7) is 0. The number of allylic oxidation sites excluding steroid dienone is 4. The van der Waals surface area contributed by atoms with Crippen LogP contribution in [0.3, 0.4) is 0 Å². The lowest BCUT2D eigenvalue weighted by atomic mass is 9.79. The molecular weight excluding hydrogens is 280 g/mol. The van der Waals surface area contributed by atoms with Gasteiger partial charge in [-0.25, -0.2) is 4.39 Å². The molecule has 0 bridgehead atoms. The number of hydrogen-bond donors (Lipinski definition) is 0. The maximum atomic E-state index is 12.8. The van der Waals surface area contributed by atoms with Crippen LogP contribution >= 0.6 is 0 Å². The third-order valence-electron chi connectivity index (χ3n) is 4.38. The van der Waals surface area contributed by atoms with Crippen LogP contribution < -0.4 is 0 Å². The summed E-state index contributed by atoms with van der Waals surface area (Å²) < 4.78 is 25.5. The highest BCUT2D eigenvalue weighted by Gasteiger charge is 2.19. The molecule has 0 heterocycles. The summed E-state index contributed by atoms with van der Waals surface area (Å²) in [4.78, 5) is 0. The van der Waals surface area contributed by atoms with E-state index in [1.165, 1.54) is 42.7 Å².